The van der Waals surface area contributed by atoms with E-state index in [-0.39, 0.29) is 5.92 Å². The Morgan fingerprint density at radius 3 is 2.61 bits per heavy atom. The Hall–Kier alpha value is -1.37. The molecule has 0 radical (unpaired) electrons. The maximum absolute atomic E-state index is 9.38. The lowest BCUT2D eigenvalue weighted by molar-refractivity contribution is 0.143. The molecule has 0 saturated carbocycles. The molecule has 1 aromatic carbocycles. The van der Waals surface area contributed by atoms with Crippen molar-refractivity contribution in [3.8, 4) is 6.07 Å². The molecule has 1 fully saturated rings. The zero-order valence-electron chi connectivity index (χ0n) is 11.0. The maximum Gasteiger partial charge on any atom is 0.0839 e. The van der Waals surface area contributed by atoms with Crippen LogP contribution in [0.3, 0.4) is 0 Å². The van der Waals surface area contributed by atoms with Gasteiger partial charge >= 0.3 is 0 Å². The van der Waals surface area contributed by atoms with Crippen LogP contribution in [0.15, 0.2) is 30.3 Å². The third-order valence-corrected chi connectivity index (χ3v) is 3.56. The fourth-order valence-corrected chi connectivity index (χ4v) is 2.38. The van der Waals surface area contributed by atoms with Gasteiger partial charge in [0, 0.05) is 25.7 Å². The topological polar surface area (TPSA) is 39.1 Å². The number of hydrogen-bond acceptors (Lipinski definition) is 3. The highest BCUT2D eigenvalue weighted by Crippen LogP contribution is 2.18. The predicted molar refractivity (Wildman–Crippen MR) is 73.3 cm³/mol. The van der Waals surface area contributed by atoms with Crippen molar-refractivity contribution in [2.45, 2.75) is 25.3 Å². The van der Waals surface area contributed by atoms with Crippen molar-refractivity contribution in [3.63, 3.8) is 0 Å². The van der Waals surface area contributed by atoms with E-state index in [1.807, 2.05) is 18.2 Å². The third kappa shape index (κ3) is 3.10. The zero-order valence-corrected chi connectivity index (χ0v) is 11.0. The second-order valence-corrected chi connectivity index (χ2v) is 4.90. The van der Waals surface area contributed by atoms with Crippen molar-refractivity contribution in [3.05, 3.63) is 35.9 Å². The van der Waals surface area contributed by atoms with Crippen LogP contribution < -0.4 is 5.32 Å². The number of nitrogens with zero attached hydrogens (tertiary/aromatic N) is 2. The van der Waals surface area contributed by atoms with E-state index in [0.717, 1.165) is 38.2 Å². The molecular formula is C15H21N3. The van der Waals surface area contributed by atoms with Crippen LogP contribution in [0.1, 0.15) is 24.8 Å². The van der Waals surface area contributed by atoms with Gasteiger partial charge in [-0.1, -0.05) is 37.3 Å². The van der Waals surface area contributed by atoms with Crippen LogP contribution in [0, 0.1) is 11.3 Å². The first-order chi connectivity index (χ1) is 8.85. The molecule has 0 amide bonds. The van der Waals surface area contributed by atoms with Gasteiger partial charge in [-0.3, -0.25) is 4.90 Å². The van der Waals surface area contributed by atoms with Crippen LogP contribution in [-0.2, 0) is 0 Å². The standard InChI is InChI=1S/C15H21N3/c1-2-8-18(15-10-17-11-15)12-14(9-16)13-6-4-3-5-7-13/h3-7,14-15,17H,2,8,10-12H2,1H3. The van der Waals surface area contributed by atoms with E-state index in [9.17, 15) is 5.26 Å². The van der Waals surface area contributed by atoms with Crippen molar-refractivity contribution >= 4 is 0 Å². The van der Waals surface area contributed by atoms with Gasteiger partial charge < -0.3 is 5.32 Å². The first kappa shape index (κ1) is 13.1. The Kier molecular flexibility index (Phi) is 4.74. The molecule has 1 aliphatic heterocycles. The lowest BCUT2D eigenvalue weighted by Crippen LogP contribution is -2.58. The highest BCUT2D eigenvalue weighted by Gasteiger charge is 2.26. The van der Waals surface area contributed by atoms with Crippen molar-refractivity contribution in [1.29, 1.82) is 5.26 Å². The summed E-state index contributed by atoms with van der Waals surface area (Å²) in [7, 11) is 0. The molecule has 1 heterocycles. The fraction of sp³-hybridized carbons (Fsp3) is 0.533. The Morgan fingerprint density at radius 2 is 2.11 bits per heavy atom. The molecule has 1 aliphatic rings. The van der Waals surface area contributed by atoms with Gasteiger partial charge in [0.2, 0.25) is 0 Å². The van der Waals surface area contributed by atoms with Gasteiger partial charge in [-0.25, -0.2) is 0 Å². The minimum absolute atomic E-state index is 0.0154. The van der Waals surface area contributed by atoms with Gasteiger partial charge in [0.25, 0.3) is 0 Å². The van der Waals surface area contributed by atoms with Crippen LogP contribution in [0.4, 0.5) is 0 Å². The van der Waals surface area contributed by atoms with Crippen LogP contribution in [0.25, 0.3) is 0 Å². The molecule has 0 aliphatic carbocycles. The Morgan fingerprint density at radius 1 is 1.39 bits per heavy atom. The number of nitriles is 1. The SMILES string of the molecule is CCCN(CC(C#N)c1ccccc1)C1CNC1. The molecule has 18 heavy (non-hydrogen) atoms. The molecule has 0 spiro atoms. The lowest BCUT2D eigenvalue weighted by atomic mass is 9.98. The summed E-state index contributed by atoms with van der Waals surface area (Å²) in [4.78, 5) is 2.46. The Bertz CT molecular complexity index is 392. The van der Waals surface area contributed by atoms with E-state index in [1.54, 1.807) is 0 Å². The summed E-state index contributed by atoms with van der Waals surface area (Å²) in [6.45, 7) is 6.25. The third-order valence-electron chi connectivity index (χ3n) is 3.56. The molecule has 96 valence electrons. The number of rotatable bonds is 6. The Labute approximate surface area is 109 Å². The Balaban J connectivity index is 2.02. The largest absolute Gasteiger partial charge is 0.314 e. The van der Waals surface area contributed by atoms with Crippen LogP contribution in [-0.4, -0.2) is 37.1 Å². The van der Waals surface area contributed by atoms with Crippen LogP contribution >= 0.6 is 0 Å². The predicted octanol–water partition coefficient (Wildman–Crippen LogP) is 1.98. The quantitative estimate of drug-likeness (QED) is 0.830. The molecule has 1 unspecified atom stereocenters. The summed E-state index contributed by atoms with van der Waals surface area (Å²) < 4.78 is 0. The minimum Gasteiger partial charge on any atom is -0.314 e. The van der Waals surface area contributed by atoms with Crippen molar-refractivity contribution < 1.29 is 0 Å². The average molecular weight is 243 g/mol. The van der Waals surface area contributed by atoms with Crippen molar-refractivity contribution in [1.82, 2.24) is 10.2 Å². The van der Waals surface area contributed by atoms with E-state index in [0.29, 0.717) is 6.04 Å². The van der Waals surface area contributed by atoms with Crippen LogP contribution in [0.2, 0.25) is 0 Å². The maximum atomic E-state index is 9.38. The van der Waals surface area contributed by atoms with E-state index in [2.05, 4.69) is 35.3 Å². The summed E-state index contributed by atoms with van der Waals surface area (Å²) in [5.41, 5.74) is 1.13. The van der Waals surface area contributed by atoms with E-state index < -0.39 is 0 Å². The molecular weight excluding hydrogens is 222 g/mol. The molecule has 2 rings (SSSR count). The van der Waals surface area contributed by atoms with Gasteiger partial charge in [0.15, 0.2) is 0 Å². The summed E-state index contributed by atoms with van der Waals surface area (Å²) in [5.74, 6) is -0.0154. The van der Waals surface area contributed by atoms with E-state index in [1.165, 1.54) is 0 Å². The summed E-state index contributed by atoms with van der Waals surface area (Å²) in [6, 6.07) is 13.2. The summed E-state index contributed by atoms with van der Waals surface area (Å²) in [5, 5.41) is 12.7. The van der Waals surface area contributed by atoms with Crippen molar-refractivity contribution in [2.75, 3.05) is 26.2 Å². The monoisotopic (exact) mass is 243 g/mol. The lowest BCUT2D eigenvalue weighted by Gasteiger charge is -2.39. The molecule has 3 nitrogen and oxygen atoms in total. The summed E-state index contributed by atoms with van der Waals surface area (Å²) in [6.07, 6.45) is 1.14. The number of hydrogen-bond donors (Lipinski definition) is 1. The number of nitrogens with one attached hydrogen (secondary N) is 1. The van der Waals surface area contributed by atoms with E-state index >= 15 is 0 Å². The fourth-order valence-electron chi connectivity index (χ4n) is 2.38. The smallest absolute Gasteiger partial charge is 0.0839 e. The molecule has 0 bridgehead atoms. The molecule has 1 atom stereocenters. The van der Waals surface area contributed by atoms with Gasteiger partial charge in [-0.05, 0) is 18.5 Å². The first-order valence-electron chi connectivity index (χ1n) is 6.74. The molecule has 0 aromatic heterocycles. The van der Waals surface area contributed by atoms with Crippen molar-refractivity contribution in [2.24, 2.45) is 0 Å². The van der Waals surface area contributed by atoms with Gasteiger partial charge in [-0.15, -0.1) is 0 Å². The highest BCUT2D eigenvalue weighted by atomic mass is 15.2. The van der Waals surface area contributed by atoms with Gasteiger partial charge in [0.05, 0.1) is 12.0 Å². The molecule has 1 saturated heterocycles. The minimum atomic E-state index is -0.0154. The van der Waals surface area contributed by atoms with E-state index in [4.69, 9.17) is 0 Å². The molecule has 3 heteroatoms. The molecule has 1 aromatic rings. The van der Waals surface area contributed by atoms with Crippen LogP contribution in [0.5, 0.6) is 0 Å². The highest BCUT2D eigenvalue weighted by molar-refractivity contribution is 5.25. The molecule has 1 N–H and O–H groups in total. The second kappa shape index (κ2) is 6.53. The first-order valence-corrected chi connectivity index (χ1v) is 6.74. The zero-order chi connectivity index (χ0) is 12.8. The normalized spacial score (nSPS) is 17.2. The summed E-state index contributed by atoms with van der Waals surface area (Å²) >= 11 is 0. The number of benzene rings is 1. The second-order valence-electron chi connectivity index (χ2n) is 4.90. The average Bonchev–Trinajstić information content (AvgIpc) is 2.35. The van der Waals surface area contributed by atoms with Gasteiger partial charge in [-0.2, -0.15) is 5.26 Å². The van der Waals surface area contributed by atoms with Gasteiger partial charge in [0.1, 0.15) is 0 Å².